The first kappa shape index (κ1) is 14.5. The zero-order chi connectivity index (χ0) is 14.8. The number of hydrogen-bond acceptors (Lipinski definition) is 4. The van der Waals surface area contributed by atoms with Crippen molar-refractivity contribution >= 4 is 27.4 Å². The largest absolute Gasteiger partial charge is 0.357 e. The van der Waals surface area contributed by atoms with Gasteiger partial charge in [0.25, 0.3) is 10.0 Å². The highest BCUT2D eigenvalue weighted by Crippen LogP contribution is 2.09. The lowest BCUT2D eigenvalue weighted by atomic mass is 10.2. The van der Waals surface area contributed by atoms with Crippen LogP contribution in [0, 0.1) is 6.92 Å². The van der Waals surface area contributed by atoms with E-state index in [0.29, 0.717) is 4.80 Å². The van der Waals surface area contributed by atoms with Crippen molar-refractivity contribution in [2.24, 2.45) is 12.0 Å². The smallest absolute Gasteiger partial charge is 0.327 e. The summed E-state index contributed by atoms with van der Waals surface area (Å²) in [6, 6.07) is 5.29. The molecule has 0 aliphatic rings. The van der Waals surface area contributed by atoms with Crippen LogP contribution < -0.4 is 9.52 Å². The Bertz CT molecular complexity index is 786. The number of thiazole rings is 1. The lowest BCUT2D eigenvalue weighted by Gasteiger charge is -2.04. The van der Waals surface area contributed by atoms with Crippen LogP contribution in [0.4, 0.5) is 4.79 Å². The van der Waals surface area contributed by atoms with Gasteiger partial charge in [-0.3, -0.25) is 0 Å². The summed E-state index contributed by atoms with van der Waals surface area (Å²) in [5, 5.41) is 1.75. The Labute approximate surface area is 120 Å². The van der Waals surface area contributed by atoms with Crippen LogP contribution >= 0.6 is 11.3 Å². The third-order valence-electron chi connectivity index (χ3n) is 2.51. The molecular weight excluding hydrogens is 298 g/mol. The van der Waals surface area contributed by atoms with Crippen molar-refractivity contribution < 1.29 is 13.2 Å². The van der Waals surface area contributed by atoms with Gasteiger partial charge in [-0.25, -0.2) is 17.9 Å². The number of benzene rings is 1. The molecule has 1 N–H and O–H groups in total. The van der Waals surface area contributed by atoms with Crippen LogP contribution in [0.5, 0.6) is 0 Å². The number of sulfonamides is 1. The SMILES string of the molecule is Cc1ccc(S(=O)(=O)NC(=O)/N=c2/sccn2C)cc1. The van der Waals surface area contributed by atoms with Crippen LogP contribution in [0.25, 0.3) is 0 Å². The predicted octanol–water partition coefficient (Wildman–Crippen LogP) is 1.39. The second-order valence-corrected chi connectivity index (χ2v) is 6.69. The van der Waals surface area contributed by atoms with Gasteiger partial charge in [-0.15, -0.1) is 11.3 Å². The highest BCUT2D eigenvalue weighted by molar-refractivity contribution is 7.90. The number of aromatic nitrogens is 1. The normalized spacial score (nSPS) is 12.4. The van der Waals surface area contributed by atoms with Gasteiger partial charge in [0, 0.05) is 18.6 Å². The van der Waals surface area contributed by atoms with Crippen LogP contribution in [0.2, 0.25) is 0 Å². The summed E-state index contributed by atoms with van der Waals surface area (Å²) in [4.78, 5) is 15.8. The van der Waals surface area contributed by atoms with Gasteiger partial charge in [0.1, 0.15) is 0 Å². The molecule has 2 rings (SSSR count). The van der Waals surface area contributed by atoms with Crippen molar-refractivity contribution in [1.29, 1.82) is 0 Å². The summed E-state index contributed by atoms with van der Waals surface area (Å²) < 4.78 is 27.5. The number of nitrogens with one attached hydrogen (secondary N) is 1. The first-order valence-corrected chi connectivity index (χ1v) is 8.03. The van der Waals surface area contributed by atoms with Crippen LogP contribution in [0.1, 0.15) is 5.56 Å². The summed E-state index contributed by atoms with van der Waals surface area (Å²) in [5.74, 6) is 0. The van der Waals surface area contributed by atoms with E-state index in [1.54, 1.807) is 35.3 Å². The van der Waals surface area contributed by atoms with E-state index in [9.17, 15) is 13.2 Å². The van der Waals surface area contributed by atoms with E-state index in [4.69, 9.17) is 0 Å². The van der Waals surface area contributed by atoms with E-state index in [2.05, 4.69) is 4.99 Å². The minimum Gasteiger partial charge on any atom is -0.327 e. The van der Waals surface area contributed by atoms with Crippen molar-refractivity contribution in [3.05, 3.63) is 46.2 Å². The van der Waals surface area contributed by atoms with Crippen LogP contribution in [-0.4, -0.2) is 19.0 Å². The first-order valence-electron chi connectivity index (χ1n) is 5.67. The van der Waals surface area contributed by atoms with Gasteiger partial charge in [-0.2, -0.15) is 4.99 Å². The molecule has 6 nitrogen and oxygen atoms in total. The fourth-order valence-corrected chi connectivity index (χ4v) is 3.05. The molecule has 8 heteroatoms. The van der Waals surface area contributed by atoms with E-state index < -0.39 is 16.1 Å². The Morgan fingerprint density at radius 1 is 1.30 bits per heavy atom. The van der Waals surface area contributed by atoms with E-state index in [1.165, 1.54) is 23.5 Å². The lowest BCUT2D eigenvalue weighted by Crippen LogP contribution is -2.30. The molecule has 1 aromatic heterocycles. The Hall–Kier alpha value is -1.93. The third kappa shape index (κ3) is 3.34. The van der Waals surface area contributed by atoms with Crippen molar-refractivity contribution in [3.63, 3.8) is 0 Å². The van der Waals surface area contributed by atoms with Crippen LogP contribution in [-0.2, 0) is 17.1 Å². The van der Waals surface area contributed by atoms with Gasteiger partial charge in [-0.05, 0) is 19.1 Å². The van der Waals surface area contributed by atoms with Gasteiger partial charge in [-0.1, -0.05) is 17.7 Å². The van der Waals surface area contributed by atoms with Crippen LogP contribution in [0.15, 0.2) is 45.7 Å². The standard InChI is InChI=1S/C12H13N3O3S2/c1-9-3-5-10(6-4-9)20(17,18)14-11(16)13-12-15(2)7-8-19-12/h3-8H,1-2H3,(H,14,16)/b13-12+. The summed E-state index contributed by atoms with van der Waals surface area (Å²) in [5.41, 5.74) is 0.936. The highest BCUT2D eigenvalue weighted by Gasteiger charge is 2.16. The van der Waals surface area contributed by atoms with Crippen molar-refractivity contribution in [3.8, 4) is 0 Å². The molecule has 0 bridgehead atoms. The highest BCUT2D eigenvalue weighted by atomic mass is 32.2. The van der Waals surface area contributed by atoms with E-state index in [0.717, 1.165) is 5.56 Å². The molecule has 1 heterocycles. The zero-order valence-corrected chi connectivity index (χ0v) is 12.5. The molecule has 20 heavy (non-hydrogen) atoms. The lowest BCUT2D eigenvalue weighted by molar-refractivity contribution is 0.253. The van der Waals surface area contributed by atoms with Gasteiger partial charge < -0.3 is 4.57 Å². The third-order valence-corrected chi connectivity index (χ3v) is 4.69. The monoisotopic (exact) mass is 311 g/mol. The number of rotatable bonds is 2. The molecule has 1 aromatic carbocycles. The molecule has 0 fully saturated rings. The van der Waals surface area contributed by atoms with Crippen molar-refractivity contribution in [2.75, 3.05) is 0 Å². The van der Waals surface area contributed by atoms with Crippen molar-refractivity contribution in [1.82, 2.24) is 9.29 Å². The summed E-state index contributed by atoms with van der Waals surface area (Å²) >= 11 is 1.24. The van der Waals surface area contributed by atoms with Gasteiger partial charge >= 0.3 is 6.03 Å². The van der Waals surface area contributed by atoms with Gasteiger partial charge in [0.15, 0.2) is 4.80 Å². The maximum atomic E-state index is 12.0. The number of hydrogen-bond donors (Lipinski definition) is 1. The van der Waals surface area contributed by atoms with Crippen molar-refractivity contribution in [2.45, 2.75) is 11.8 Å². The van der Waals surface area contributed by atoms with E-state index in [-0.39, 0.29) is 4.90 Å². The van der Waals surface area contributed by atoms with Crippen LogP contribution in [0.3, 0.4) is 0 Å². The molecule has 0 saturated carbocycles. The van der Waals surface area contributed by atoms with E-state index >= 15 is 0 Å². The Kier molecular flexibility index (Phi) is 4.05. The second kappa shape index (κ2) is 5.59. The summed E-state index contributed by atoms with van der Waals surface area (Å²) in [7, 11) is -2.17. The first-order chi connectivity index (χ1) is 9.38. The molecule has 0 spiro atoms. The number of nitrogens with zero attached hydrogens (tertiary/aromatic N) is 2. The number of amides is 2. The molecule has 0 aliphatic carbocycles. The summed E-state index contributed by atoms with van der Waals surface area (Å²) in [6.45, 7) is 1.85. The average molecular weight is 311 g/mol. The van der Waals surface area contributed by atoms with E-state index in [1.807, 2.05) is 11.6 Å². The Balaban J connectivity index is 2.23. The molecule has 2 amide bonds. The second-order valence-electron chi connectivity index (χ2n) is 4.13. The predicted molar refractivity (Wildman–Crippen MR) is 75.7 cm³/mol. The fourth-order valence-electron chi connectivity index (χ4n) is 1.44. The van der Waals surface area contributed by atoms with Gasteiger partial charge in [0.2, 0.25) is 0 Å². The maximum absolute atomic E-state index is 12.0. The molecule has 2 aromatic rings. The number of carbonyl (C=O) groups is 1. The molecule has 0 atom stereocenters. The number of aryl methyl sites for hydroxylation is 2. The quantitative estimate of drug-likeness (QED) is 0.910. The topological polar surface area (TPSA) is 80.5 Å². The minimum atomic E-state index is -3.89. The number of urea groups is 1. The molecule has 0 aliphatic heterocycles. The Morgan fingerprint density at radius 2 is 1.95 bits per heavy atom. The fraction of sp³-hybridized carbons (Fsp3) is 0.167. The average Bonchev–Trinajstić information content (AvgIpc) is 2.74. The summed E-state index contributed by atoms with van der Waals surface area (Å²) in [6.07, 6.45) is 1.73. The molecule has 0 radical (unpaired) electrons. The molecular formula is C12H13N3O3S2. The molecule has 0 unspecified atom stereocenters. The maximum Gasteiger partial charge on any atom is 0.357 e. The molecule has 106 valence electrons. The number of carbonyl (C=O) groups excluding carboxylic acids is 1. The zero-order valence-electron chi connectivity index (χ0n) is 10.9. The molecule has 0 saturated heterocycles. The minimum absolute atomic E-state index is 0.0298. The van der Waals surface area contributed by atoms with Gasteiger partial charge in [0.05, 0.1) is 4.90 Å². The Morgan fingerprint density at radius 3 is 2.50 bits per heavy atom.